The van der Waals surface area contributed by atoms with Gasteiger partial charge in [0.1, 0.15) is 5.60 Å². The third-order valence-corrected chi connectivity index (χ3v) is 5.64. The molecule has 1 aliphatic heterocycles. The number of nitrogens with one attached hydrogen (secondary N) is 1. The molecule has 2 atom stereocenters. The van der Waals surface area contributed by atoms with Gasteiger partial charge in [0.05, 0.1) is 30.2 Å². The van der Waals surface area contributed by atoms with Crippen LogP contribution >= 0.6 is 0 Å². The number of carbonyl (C=O) groups is 1. The summed E-state index contributed by atoms with van der Waals surface area (Å²) in [6, 6.07) is 3.67. The lowest BCUT2D eigenvalue weighted by Crippen LogP contribution is -2.41. The van der Waals surface area contributed by atoms with Gasteiger partial charge in [-0.2, -0.15) is 0 Å². The molecule has 8 heteroatoms. The van der Waals surface area contributed by atoms with Crippen LogP contribution in [0.15, 0.2) is 24.5 Å². The van der Waals surface area contributed by atoms with Gasteiger partial charge in [-0.15, -0.1) is 0 Å². The van der Waals surface area contributed by atoms with Crippen molar-refractivity contribution in [3.63, 3.8) is 0 Å². The zero-order chi connectivity index (χ0) is 20.6. The van der Waals surface area contributed by atoms with E-state index in [1.54, 1.807) is 39.4 Å². The fourth-order valence-corrected chi connectivity index (χ4v) is 4.03. The number of rotatable bonds is 5. The number of hydrogen-bond acceptors (Lipinski definition) is 7. The maximum absolute atomic E-state index is 12.1. The Morgan fingerprint density at radius 3 is 2.76 bits per heavy atom. The Morgan fingerprint density at radius 2 is 2.10 bits per heavy atom. The lowest BCUT2D eigenvalue weighted by Gasteiger charge is -2.31. The highest BCUT2D eigenvalue weighted by atomic mass is 16.5. The van der Waals surface area contributed by atoms with Gasteiger partial charge in [0.15, 0.2) is 11.6 Å². The molecule has 1 saturated carbocycles. The maximum Gasteiger partial charge on any atom is 0.245 e. The molecular weight excluding hydrogens is 370 g/mol. The first-order chi connectivity index (χ1) is 13.8. The van der Waals surface area contributed by atoms with Crippen molar-refractivity contribution in [3.05, 3.63) is 30.2 Å². The number of pyridine rings is 1. The van der Waals surface area contributed by atoms with Crippen molar-refractivity contribution in [2.75, 3.05) is 30.4 Å². The Morgan fingerprint density at radius 1 is 1.28 bits per heavy atom. The van der Waals surface area contributed by atoms with Gasteiger partial charge in [0, 0.05) is 25.4 Å². The average molecular weight is 397 g/mol. The van der Waals surface area contributed by atoms with Gasteiger partial charge in [0.25, 0.3) is 0 Å². The largest absolute Gasteiger partial charge is 0.384 e. The molecule has 4 rings (SSSR count). The highest BCUT2D eigenvalue weighted by Gasteiger charge is 2.31. The van der Waals surface area contributed by atoms with Crippen LogP contribution in [0.4, 0.5) is 11.6 Å². The van der Waals surface area contributed by atoms with E-state index in [1.165, 1.54) is 0 Å². The molecule has 0 radical (unpaired) electrons. The third kappa shape index (κ3) is 4.23. The van der Waals surface area contributed by atoms with E-state index in [-0.39, 0.29) is 12.5 Å². The van der Waals surface area contributed by atoms with E-state index in [9.17, 15) is 9.90 Å². The lowest BCUT2D eigenvalue weighted by atomic mass is 10.0. The smallest absolute Gasteiger partial charge is 0.245 e. The third-order valence-electron chi connectivity index (χ3n) is 5.64. The predicted octanol–water partition coefficient (Wildman–Crippen LogP) is 2.34. The average Bonchev–Trinajstić information content (AvgIpc) is 3.15. The van der Waals surface area contributed by atoms with Gasteiger partial charge >= 0.3 is 0 Å². The Kier molecular flexibility index (Phi) is 5.23. The SMILES string of the molecule is CO[C@H]1CC[C@H](CN2CC(=O)Nc3ncc(-c4ccc(C(C)(C)O)nc4)nc32)C1. The normalized spacial score (nSPS) is 21.8. The minimum Gasteiger partial charge on any atom is -0.384 e. The molecule has 2 aromatic heterocycles. The quantitative estimate of drug-likeness (QED) is 0.799. The first-order valence-corrected chi connectivity index (χ1v) is 9.97. The van der Waals surface area contributed by atoms with E-state index in [0.717, 1.165) is 31.4 Å². The van der Waals surface area contributed by atoms with Gasteiger partial charge in [-0.05, 0) is 51.2 Å². The van der Waals surface area contributed by atoms with E-state index in [2.05, 4.69) is 15.3 Å². The zero-order valence-corrected chi connectivity index (χ0v) is 17.1. The molecule has 0 aromatic carbocycles. The van der Waals surface area contributed by atoms with Gasteiger partial charge in [-0.3, -0.25) is 9.78 Å². The van der Waals surface area contributed by atoms with Crippen LogP contribution in [-0.2, 0) is 15.1 Å². The summed E-state index contributed by atoms with van der Waals surface area (Å²) in [4.78, 5) is 27.7. The molecule has 3 heterocycles. The van der Waals surface area contributed by atoms with Crippen molar-refractivity contribution in [2.24, 2.45) is 5.92 Å². The lowest BCUT2D eigenvalue weighted by molar-refractivity contribution is -0.115. The maximum atomic E-state index is 12.1. The van der Waals surface area contributed by atoms with Crippen LogP contribution < -0.4 is 10.2 Å². The van der Waals surface area contributed by atoms with Crippen LogP contribution in [-0.4, -0.2) is 52.3 Å². The van der Waals surface area contributed by atoms with Crippen molar-refractivity contribution >= 4 is 17.5 Å². The number of anilines is 2. The molecule has 2 aromatic rings. The molecule has 1 aliphatic carbocycles. The summed E-state index contributed by atoms with van der Waals surface area (Å²) < 4.78 is 5.48. The standard InChI is InChI=1S/C21H27N5O3/c1-21(2,28)17-7-5-14(9-22-17)16-10-23-19-20(24-16)26(12-18(27)25-19)11-13-4-6-15(8-13)29-3/h5,7,9-10,13,15,28H,4,6,8,11-12H2,1-3H3,(H,23,25,27)/t13-,15-/m0/s1. The summed E-state index contributed by atoms with van der Waals surface area (Å²) in [5, 5.41) is 12.9. The van der Waals surface area contributed by atoms with E-state index in [0.29, 0.717) is 35.0 Å². The first kappa shape index (κ1) is 19.7. The highest BCUT2D eigenvalue weighted by Crippen LogP contribution is 2.33. The van der Waals surface area contributed by atoms with E-state index >= 15 is 0 Å². The highest BCUT2D eigenvalue weighted by molar-refractivity contribution is 5.99. The van der Waals surface area contributed by atoms with Crippen LogP contribution in [0.5, 0.6) is 0 Å². The molecule has 8 nitrogen and oxygen atoms in total. The number of aromatic nitrogens is 3. The van der Waals surface area contributed by atoms with Gasteiger partial charge in [0.2, 0.25) is 5.91 Å². The van der Waals surface area contributed by atoms with Crippen molar-refractivity contribution in [2.45, 2.75) is 44.8 Å². The van der Waals surface area contributed by atoms with Gasteiger partial charge in [-0.25, -0.2) is 9.97 Å². The number of hydrogen-bond donors (Lipinski definition) is 2. The van der Waals surface area contributed by atoms with Crippen LogP contribution in [0.3, 0.4) is 0 Å². The molecule has 2 aliphatic rings. The summed E-state index contributed by atoms with van der Waals surface area (Å²) in [5.41, 5.74) is 1.09. The minimum absolute atomic E-state index is 0.0722. The number of methoxy groups -OCH3 is 1. The summed E-state index contributed by atoms with van der Waals surface area (Å²) in [6.07, 6.45) is 6.77. The second kappa shape index (κ2) is 7.68. The fourth-order valence-electron chi connectivity index (χ4n) is 4.03. The van der Waals surface area contributed by atoms with E-state index in [1.807, 2.05) is 11.0 Å². The van der Waals surface area contributed by atoms with Gasteiger partial charge < -0.3 is 20.1 Å². The van der Waals surface area contributed by atoms with Crippen LogP contribution in [0, 0.1) is 5.92 Å². The van der Waals surface area contributed by atoms with E-state index in [4.69, 9.17) is 9.72 Å². The number of carbonyl (C=O) groups excluding carboxylic acids is 1. The molecule has 0 bridgehead atoms. The molecule has 0 unspecified atom stereocenters. The van der Waals surface area contributed by atoms with Crippen LogP contribution in [0.1, 0.15) is 38.8 Å². The molecule has 0 saturated heterocycles. The number of amides is 1. The topological polar surface area (TPSA) is 100 Å². The number of aliphatic hydroxyl groups is 1. The molecule has 2 N–H and O–H groups in total. The monoisotopic (exact) mass is 397 g/mol. The van der Waals surface area contributed by atoms with Crippen LogP contribution in [0.25, 0.3) is 11.3 Å². The van der Waals surface area contributed by atoms with E-state index < -0.39 is 5.60 Å². The van der Waals surface area contributed by atoms with Crippen LogP contribution in [0.2, 0.25) is 0 Å². The molecule has 0 spiro atoms. The Balaban J connectivity index is 1.59. The van der Waals surface area contributed by atoms with Crippen molar-refractivity contribution in [1.82, 2.24) is 15.0 Å². The second-order valence-electron chi connectivity index (χ2n) is 8.38. The first-order valence-electron chi connectivity index (χ1n) is 9.97. The zero-order valence-electron chi connectivity index (χ0n) is 17.1. The van der Waals surface area contributed by atoms with Crippen molar-refractivity contribution in [1.29, 1.82) is 0 Å². The summed E-state index contributed by atoms with van der Waals surface area (Å²) >= 11 is 0. The van der Waals surface area contributed by atoms with Crippen molar-refractivity contribution in [3.8, 4) is 11.3 Å². The summed E-state index contributed by atoms with van der Waals surface area (Å²) in [5.74, 6) is 1.58. The van der Waals surface area contributed by atoms with Crippen molar-refractivity contribution < 1.29 is 14.6 Å². The molecule has 29 heavy (non-hydrogen) atoms. The summed E-state index contributed by atoms with van der Waals surface area (Å²) in [6.45, 7) is 4.43. The second-order valence-corrected chi connectivity index (χ2v) is 8.38. The predicted molar refractivity (Wildman–Crippen MR) is 109 cm³/mol. The number of fused-ring (bicyclic) bond motifs is 1. The molecule has 154 valence electrons. The Hall–Kier alpha value is -2.58. The summed E-state index contributed by atoms with van der Waals surface area (Å²) in [7, 11) is 1.76. The molecule has 1 amide bonds. The number of nitrogens with zero attached hydrogens (tertiary/aromatic N) is 4. The minimum atomic E-state index is -0.998. The molecular formula is C21H27N5O3. The Labute approximate surface area is 170 Å². The molecule has 1 fully saturated rings. The van der Waals surface area contributed by atoms with Gasteiger partial charge in [-0.1, -0.05) is 0 Å². The number of ether oxygens (including phenoxy) is 1. The Bertz CT molecular complexity index is 894. The fraction of sp³-hybridized carbons (Fsp3) is 0.524.